The molecule has 0 atom stereocenters. The number of aliphatic imine (C=N–C) groups is 1. The van der Waals surface area contributed by atoms with Gasteiger partial charge in [-0.1, -0.05) is 22.0 Å². The number of halogens is 2. The number of nitrogens with one attached hydrogen (secondary N) is 2. The van der Waals surface area contributed by atoms with E-state index in [1.165, 1.54) is 11.1 Å². The predicted molar refractivity (Wildman–Crippen MR) is 107 cm³/mol. The maximum Gasteiger partial charge on any atom is 0.214 e. The molecule has 0 unspecified atom stereocenters. The Morgan fingerprint density at radius 1 is 1.22 bits per heavy atom. The zero-order valence-corrected chi connectivity index (χ0v) is 17.7. The fourth-order valence-electron chi connectivity index (χ4n) is 2.03. The van der Waals surface area contributed by atoms with Gasteiger partial charge in [-0.3, -0.25) is 4.99 Å². The molecule has 0 saturated heterocycles. The predicted octanol–water partition coefficient (Wildman–Crippen LogP) is 3.85. The number of hydrogen-bond donors (Lipinski definition) is 2. The first-order valence-corrected chi connectivity index (χ1v) is 7.91. The van der Waals surface area contributed by atoms with Crippen molar-refractivity contribution < 1.29 is 4.42 Å². The van der Waals surface area contributed by atoms with Crippen LogP contribution >= 0.6 is 39.9 Å². The lowest BCUT2D eigenvalue weighted by molar-refractivity contribution is 0.463. The van der Waals surface area contributed by atoms with Gasteiger partial charge in [-0.25, -0.2) is 4.98 Å². The minimum absolute atomic E-state index is 0. The number of rotatable bonds is 4. The van der Waals surface area contributed by atoms with Gasteiger partial charge in [0.05, 0.1) is 12.2 Å². The molecule has 5 nitrogen and oxygen atoms in total. The molecule has 0 aliphatic rings. The molecule has 1 aromatic heterocycles. The normalized spacial score (nSPS) is 11.1. The van der Waals surface area contributed by atoms with Crippen molar-refractivity contribution in [3.8, 4) is 0 Å². The van der Waals surface area contributed by atoms with Gasteiger partial charge in [0, 0.05) is 18.1 Å². The minimum atomic E-state index is 0. The van der Waals surface area contributed by atoms with E-state index >= 15 is 0 Å². The highest BCUT2D eigenvalue weighted by atomic mass is 127. The van der Waals surface area contributed by atoms with Crippen LogP contribution in [0.2, 0.25) is 0 Å². The highest BCUT2D eigenvalue weighted by Gasteiger charge is 2.07. The smallest absolute Gasteiger partial charge is 0.214 e. The molecule has 2 aromatic rings. The van der Waals surface area contributed by atoms with Crippen LogP contribution in [0.1, 0.15) is 28.5 Å². The molecule has 23 heavy (non-hydrogen) atoms. The second kappa shape index (κ2) is 9.27. The second-order valence-corrected chi connectivity index (χ2v) is 6.02. The summed E-state index contributed by atoms with van der Waals surface area (Å²) >= 11 is 3.47. The molecule has 0 amide bonds. The Balaban J connectivity index is 0.00000264. The van der Waals surface area contributed by atoms with Crippen LogP contribution in [-0.2, 0) is 13.1 Å². The van der Waals surface area contributed by atoms with E-state index in [9.17, 15) is 0 Å². The van der Waals surface area contributed by atoms with Crippen molar-refractivity contribution in [3.63, 3.8) is 0 Å². The average Bonchev–Trinajstić information content (AvgIpc) is 2.79. The summed E-state index contributed by atoms with van der Waals surface area (Å²) in [6.45, 7) is 7.16. The highest BCUT2D eigenvalue weighted by molar-refractivity contribution is 14.0. The van der Waals surface area contributed by atoms with Gasteiger partial charge in [-0.2, -0.15) is 0 Å². The molecule has 2 rings (SSSR count). The first kappa shape index (κ1) is 20.0. The first-order chi connectivity index (χ1) is 10.5. The number of guanidine groups is 1. The van der Waals surface area contributed by atoms with Crippen LogP contribution in [0.3, 0.4) is 0 Å². The Hall–Kier alpha value is -1.09. The lowest BCUT2D eigenvalue weighted by Crippen LogP contribution is -2.36. The van der Waals surface area contributed by atoms with Crippen molar-refractivity contribution in [2.45, 2.75) is 33.9 Å². The molecule has 0 aliphatic heterocycles. The van der Waals surface area contributed by atoms with E-state index in [0.717, 1.165) is 21.9 Å². The van der Waals surface area contributed by atoms with Crippen molar-refractivity contribution in [2.24, 2.45) is 4.99 Å². The standard InChI is InChI=1S/C16H21BrN4O.HI/c1-10-7-14(17)6-5-13(10)8-19-16(18-4)20-9-15-21-11(2)12(3)22-15;/h5-7H,8-9H2,1-4H3,(H2,18,19,20);1H. The summed E-state index contributed by atoms with van der Waals surface area (Å²) in [7, 11) is 1.75. The second-order valence-electron chi connectivity index (χ2n) is 5.10. The Kier molecular flexibility index (Phi) is 8.04. The van der Waals surface area contributed by atoms with E-state index in [1.54, 1.807) is 7.05 Å². The third-order valence-corrected chi connectivity index (χ3v) is 3.95. The number of aryl methyl sites for hydroxylation is 3. The summed E-state index contributed by atoms with van der Waals surface area (Å²) in [5.41, 5.74) is 3.38. The fourth-order valence-corrected chi connectivity index (χ4v) is 2.51. The number of oxazole rings is 1. The van der Waals surface area contributed by atoms with E-state index < -0.39 is 0 Å². The maximum absolute atomic E-state index is 5.54. The van der Waals surface area contributed by atoms with E-state index in [-0.39, 0.29) is 24.0 Å². The highest BCUT2D eigenvalue weighted by Crippen LogP contribution is 2.15. The van der Waals surface area contributed by atoms with Crippen LogP contribution in [0.25, 0.3) is 0 Å². The van der Waals surface area contributed by atoms with Gasteiger partial charge in [0.1, 0.15) is 5.76 Å². The Morgan fingerprint density at radius 3 is 2.48 bits per heavy atom. The Morgan fingerprint density at radius 2 is 1.91 bits per heavy atom. The quantitative estimate of drug-likeness (QED) is 0.386. The SMILES string of the molecule is CN=C(NCc1nc(C)c(C)o1)NCc1ccc(Br)cc1C.I. The summed E-state index contributed by atoms with van der Waals surface area (Å²) in [4.78, 5) is 8.55. The Labute approximate surface area is 162 Å². The monoisotopic (exact) mass is 492 g/mol. The van der Waals surface area contributed by atoms with Crippen LogP contribution in [0.5, 0.6) is 0 Å². The molecule has 0 fully saturated rings. The summed E-state index contributed by atoms with van der Waals surface area (Å²) in [6, 6.07) is 6.24. The fraction of sp³-hybridized carbons (Fsp3) is 0.375. The number of nitrogens with zero attached hydrogens (tertiary/aromatic N) is 2. The number of benzene rings is 1. The van der Waals surface area contributed by atoms with E-state index in [2.05, 4.69) is 55.6 Å². The molecule has 0 radical (unpaired) electrons. The third kappa shape index (κ3) is 5.80. The maximum atomic E-state index is 5.54. The third-order valence-electron chi connectivity index (χ3n) is 3.45. The molecule has 1 heterocycles. The summed E-state index contributed by atoms with van der Waals surface area (Å²) in [5, 5.41) is 6.49. The van der Waals surface area contributed by atoms with E-state index in [0.29, 0.717) is 19.0 Å². The molecule has 0 spiro atoms. The van der Waals surface area contributed by atoms with Crippen molar-refractivity contribution in [1.82, 2.24) is 15.6 Å². The van der Waals surface area contributed by atoms with Crippen LogP contribution in [0, 0.1) is 20.8 Å². The van der Waals surface area contributed by atoms with Crippen molar-refractivity contribution in [3.05, 3.63) is 51.1 Å². The molecule has 0 saturated carbocycles. The molecule has 2 N–H and O–H groups in total. The Bertz CT molecular complexity index is 665. The van der Waals surface area contributed by atoms with Crippen molar-refractivity contribution in [2.75, 3.05) is 7.05 Å². The summed E-state index contributed by atoms with van der Waals surface area (Å²) < 4.78 is 6.63. The largest absolute Gasteiger partial charge is 0.444 e. The summed E-state index contributed by atoms with van der Waals surface area (Å²) in [6.07, 6.45) is 0. The topological polar surface area (TPSA) is 62.5 Å². The molecule has 126 valence electrons. The van der Waals surface area contributed by atoms with Crippen LogP contribution in [0.15, 0.2) is 32.1 Å². The first-order valence-electron chi connectivity index (χ1n) is 7.12. The van der Waals surface area contributed by atoms with Gasteiger partial charge in [0.25, 0.3) is 0 Å². The van der Waals surface area contributed by atoms with Crippen LogP contribution in [-0.4, -0.2) is 18.0 Å². The molecule has 0 bridgehead atoms. The average molecular weight is 493 g/mol. The van der Waals surface area contributed by atoms with Gasteiger partial charge in [-0.15, -0.1) is 24.0 Å². The number of aromatic nitrogens is 1. The van der Waals surface area contributed by atoms with Gasteiger partial charge in [0.15, 0.2) is 5.96 Å². The van der Waals surface area contributed by atoms with Gasteiger partial charge >= 0.3 is 0 Å². The summed E-state index contributed by atoms with van der Waals surface area (Å²) in [5.74, 6) is 2.24. The van der Waals surface area contributed by atoms with Crippen molar-refractivity contribution >= 4 is 45.9 Å². The van der Waals surface area contributed by atoms with Crippen LogP contribution in [0.4, 0.5) is 0 Å². The van der Waals surface area contributed by atoms with Gasteiger partial charge in [0.2, 0.25) is 5.89 Å². The van der Waals surface area contributed by atoms with Gasteiger partial charge in [-0.05, 0) is 44.0 Å². The molecule has 0 aliphatic carbocycles. The minimum Gasteiger partial charge on any atom is -0.444 e. The lowest BCUT2D eigenvalue weighted by atomic mass is 10.1. The van der Waals surface area contributed by atoms with E-state index in [4.69, 9.17) is 4.42 Å². The molecule has 1 aromatic carbocycles. The molecular formula is C16H22BrIN4O. The zero-order valence-electron chi connectivity index (χ0n) is 13.7. The zero-order chi connectivity index (χ0) is 16.1. The van der Waals surface area contributed by atoms with Crippen molar-refractivity contribution in [1.29, 1.82) is 0 Å². The molecule has 7 heteroatoms. The number of hydrogen-bond acceptors (Lipinski definition) is 3. The van der Waals surface area contributed by atoms with Crippen LogP contribution < -0.4 is 10.6 Å². The molecular weight excluding hydrogens is 471 g/mol. The van der Waals surface area contributed by atoms with Gasteiger partial charge < -0.3 is 15.1 Å². The van der Waals surface area contributed by atoms with E-state index in [1.807, 2.05) is 19.9 Å². The lowest BCUT2D eigenvalue weighted by Gasteiger charge is -2.12.